The maximum absolute atomic E-state index is 11.8. The molecule has 0 spiro atoms. The number of aromatic nitrogens is 2. The summed E-state index contributed by atoms with van der Waals surface area (Å²) >= 11 is 0. The Labute approximate surface area is 159 Å². The number of nitrogens with zero attached hydrogens (tertiary/aromatic N) is 4. The second kappa shape index (κ2) is 7.66. The van der Waals surface area contributed by atoms with Crippen LogP contribution >= 0.6 is 0 Å². The molecule has 0 unspecified atom stereocenters. The molecule has 0 atom stereocenters. The van der Waals surface area contributed by atoms with Crippen molar-refractivity contribution in [2.45, 2.75) is 32.0 Å². The summed E-state index contributed by atoms with van der Waals surface area (Å²) in [6.45, 7) is 3.74. The Morgan fingerprint density at radius 1 is 1.22 bits per heavy atom. The van der Waals surface area contributed by atoms with Crippen LogP contribution in [0.5, 0.6) is 0 Å². The number of aryl methyl sites for hydroxylation is 1. The molecule has 0 N–H and O–H groups in total. The minimum atomic E-state index is 0.0574. The quantitative estimate of drug-likeness (QED) is 0.695. The Kier molecular flexibility index (Phi) is 5.09. The molecule has 1 aliphatic heterocycles. The van der Waals surface area contributed by atoms with E-state index in [2.05, 4.69) is 28.1 Å². The van der Waals surface area contributed by atoms with Gasteiger partial charge in [-0.15, -0.1) is 0 Å². The van der Waals surface area contributed by atoms with Crippen LogP contribution in [0.2, 0.25) is 0 Å². The number of piperidine rings is 1. The fraction of sp³-hybridized carbons (Fsp3) is 0.429. The first kappa shape index (κ1) is 17.9. The fourth-order valence-electron chi connectivity index (χ4n) is 3.88. The highest BCUT2D eigenvalue weighted by Crippen LogP contribution is 2.22. The molecule has 4 rings (SSSR count). The van der Waals surface area contributed by atoms with Crippen LogP contribution in [-0.4, -0.2) is 45.7 Å². The Balaban J connectivity index is 1.33. The molecule has 27 heavy (non-hydrogen) atoms. The van der Waals surface area contributed by atoms with Crippen molar-refractivity contribution in [2.24, 2.45) is 7.05 Å². The molecule has 0 amide bonds. The third-order valence-corrected chi connectivity index (χ3v) is 5.61. The zero-order valence-corrected chi connectivity index (χ0v) is 16.0. The van der Waals surface area contributed by atoms with Crippen molar-refractivity contribution >= 4 is 11.0 Å². The number of likely N-dealkylation sites (tertiary alicyclic amines) is 1. The number of benzene rings is 1. The number of hydrogen-bond acceptors (Lipinski definition) is 5. The highest BCUT2D eigenvalue weighted by Gasteiger charge is 2.23. The van der Waals surface area contributed by atoms with Crippen molar-refractivity contribution in [3.05, 3.63) is 64.2 Å². The summed E-state index contributed by atoms with van der Waals surface area (Å²) in [7, 11) is 3.95. The summed E-state index contributed by atoms with van der Waals surface area (Å²) in [6, 6.07) is 12.4. The second-order valence-electron chi connectivity index (χ2n) is 7.53. The molecule has 2 aromatic heterocycles. The highest BCUT2D eigenvalue weighted by molar-refractivity contribution is 5.79. The molecule has 3 heterocycles. The van der Waals surface area contributed by atoms with Crippen molar-refractivity contribution in [3.8, 4) is 0 Å². The summed E-state index contributed by atoms with van der Waals surface area (Å²) in [5.74, 6) is 0. The minimum absolute atomic E-state index is 0.0574. The van der Waals surface area contributed by atoms with Crippen LogP contribution in [0.15, 0.2) is 51.9 Å². The first-order valence-corrected chi connectivity index (χ1v) is 9.51. The van der Waals surface area contributed by atoms with Gasteiger partial charge in [-0.25, -0.2) is 0 Å². The van der Waals surface area contributed by atoms with Crippen molar-refractivity contribution < 1.29 is 4.52 Å². The van der Waals surface area contributed by atoms with E-state index in [0.29, 0.717) is 6.04 Å². The largest absolute Gasteiger partial charge is 0.356 e. The normalized spacial score (nSPS) is 16.4. The average Bonchev–Trinajstić information content (AvgIpc) is 3.08. The number of pyridine rings is 1. The van der Waals surface area contributed by atoms with Crippen LogP contribution in [0, 0.1) is 0 Å². The molecule has 6 heteroatoms. The monoisotopic (exact) mass is 366 g/mol. The van der Waals surface area contributed by atoms with Gasteiger partial charge < -0.3 is 9.09 Å². The van der Waals surface area contributed by atoms with Crippen LogP contribution in [0.25, 0.3) is 11.0 Å². The molecule has 1 fully saturated rings. The molecular formula is C21H26N4O2. The number of fused-ring (bicyclic) bond motifs is 1. The van der Waals surface area contributed by atoms with E-state index in [1.54, 1.807) is 17.7 Å². The molecule has 1 aliphatic rings. The van der Waals surface area contributed by atoms with Crippen LogP contribution in [0.4, 0.5) is 0 Å². The van der Waals surface area contributed by atoms with Gasteiger partial charge in [0, 0.05) is 43.8 Å². The van der Waals surface area contributed by atoms with Gasteiger partial charge in [-0.05, 0) is 56.7 Å². The van der Waals surface area contributed by atoms with E-state index in [4.69, 9.17) is 4.52 Å². The van der Waals surface area contributed by atoms with Crippen molar-refractivity contribution in [3.63, 3.8) is 0 Å². The smallest absolute Gasteiger partial charge is 0.250 e. The molecule has 0 aliphatic carbocycles. The van der Waals surface area contributed by atoms with Crippen molar-refractivity contribution in [1.29, 1.82) is 0 Å². The third kappa shape index (κ3) is 3.96. The summed E-state index contributed by atoms with van der Waals surface area (Å²) in [5.41, 5.74) is 3.02. The van der Waals surface area contributed by atoms with Gasteiger partial charge in [0.05, 0.1) is 0 Å². The van der Waals surface area contributed by atoms with Crippen LogP contribution in [0.3, 0.4) is 0 Å². The van der Waals surface area contributed by atoms with E-state index in [1.807, 2.05) is 30.5 Å². The molecule has 1 saturated heterocycles. The molecule has 0 saturated carbocycles. The van der Waals surface area contributed by atoms with Gasteiger partial charge in [-0.1, -0.05) is 17.3 Å². The molecule has 0 radical (unpaired) electrons. The van der Waals surface area contributed by atoms with Gasteiger partial charge in [0.1, 0.15) is 5.69 Å². The maximum Gasteiger partial charge on any atom is 0.250 e. The summed E-state index contributed by atoms with van der Waals surface area (Å²) in [5, 5.41) is 5.36. The Morgan fingerprint density at radius 2 is 2.00 bits per heavy atom. The first-order chi connectivity index (χ1) is 13.1. The lowest BCUT2D eigenvalue weighted by atomic mass is 10.0. The standard InChI is InChI=1S/C21H26N4O2/c1-23-10-7-16(13-21(23)26)14-25-11-8-17(9-12-25)24(2)15-19-18-5-3-4-6-20(18)27-22-19/h3-7,10,13,17H,8-9,11-12,14-15H2,1-2H3. The zero-order chi connectivity index (χ0) is 18.8. The van der Waals surface area contributed by atoms with Gasteiger partial charge in [0.2, 0.25) is 0 Å². The second-order valence-corrected chi connectivity index (χ2v) is 7.53. The van der Waals surface area contributed by atoms with E-state index in [0.717, 1.165) is 61.2 Å². The minimum Gasteiger partial charge on any atom is -0.356 e. The lowest BCUT2D eigenvalue weighted by Gasteiger charge is -2.36. The highest BCUT2D eigenvalue weighted by atomic mass is 16.5. The molecule has 1 aromatic carbocycles. The molecule has 142 valence electrons. The number of hydrogen-bond donors (Lipinski definition) is 0. The summed E-state index contributed by atoms with van der Waals surface area (Å²) in [6.07, 6.45) is 4.09. The number of para-hydroxylation sites is 1. The Hall–Kier alpha value is -2.44. The zero-order valence-electron chi connectivity index (χ0n) is 16.0. The molecule has 6 nitrogen and oxygen atoms in total. The lowest BCUT2D eigenvalue weighted by Crippen LogP contribution is -2.42. The lowest BCUT2D eigenvalue weighted by molar-refractivity contribution is 0.118. The topological polar surface area (TPSA) is 54.5 Å². The molecule has 0 bridgehead atoms. The third-order valence-electron chi connectivity index (χ3n) is 5.61. The van der Waals surface area contributed by atoms with Crippen molar-refractivity contribution in [1.82, 2.24) is 19.5 Å². The maximum atomic E-state index is 11.8. The van der Waals surface area contributed by atoms with E-state index < -0.39 is 0 Å². The Bertz CT molecular complexity index is 969. The SMILES string of the molecule is CN(Cc1noc2ccccc12)C1CCN(Cc2ccn(C)c(=O)c2)CC1. The van der Waals surface area contributed by atoms with Gasteiger partial charge >= 0.3 is 0 Å². The summed E-state index contributed by atoms with van der Waals surface area (Å²) in [4.78, 5) is 16.6. The predicted octanol–water partition coefficient (Wildman–Crippen LogP) is 2.62. The first-order valence-electron chi connectivity index (χ1n) is 9.51. The fourth-order valence-corrected chi connectivity index (χ4v) is 3.88. The predicted molar refractivity (Wildman–Crippen MR) is 105 cm³/mol. The van der Waals surface area contributed by atoms with E-state index in [9.17, 15) is 4.79 Å². The molecule has 3 aromatic rings. The van der Waals surface area contributed by atoms with E-state index in [-0.39, 0.29) is 5.56 Å². The van der Waals surface area contributed by atoms with Gasteiger partial charge in [0.25, 0.3) is 5.56 Å². The average molecular weight is 366 g/mol. The van der Waals surface area contributed by atoms with Crippen LogP contribution in [0.1, 0.15) is 24.1 Å². The van der Waals surface area contributed by atoms with E-state index in [1.165, 1.54) is 0 Å². The van der Waals surface area contributed by atoms with E-state index >= 15 is 0 Å². The van der Waals surface area contributed by atoms with Crippen LogP contribution in [-0.2, 0) is 20.1 Å². The Morgan fingerprint density at radius 3 is 2.78 bits per heavy atom. The van der Waals surface area contributed by atoms with Gasteiger partial charge in [-0.2, -0.15) is 0 Å². The summed E-state index contributed by atoms with van der Waals surface area (Å²) < 4.78 is 7.04. The van der Waals surface area contributed by atoms with Gasteiger partial charge in [0.15, 0.2) is 5.58 Å². The van der Waals surface area contributed by atoms with Gasteiger partial charge in [-0.3, -0.25) is 14.6 Å². The van der Waals surface area contributed by atoms with Crippen molar-refractivity contribution in [2.75, 3.05) is 20.1 Å². The molecular weight excluding hydrogens is 340 g/mol. The number of rotatable bonds is 5. The van der Waals surface area contributed by atoms with Crippen LogP contribution < -0.4 is 5.56 Å².